The number of rotatable bonds is 44. The topological polar surface area (TPSA) is 99.1 Å². The average Bonchev–Trinajstić information content (AvgIpc) is 3.29. The van der Waals surface area contributed by atoms with Crippen LogP contribution in [0.5, 0.6) is 0 Å². The summed E-state index contributed by atoms with van der Waals surface area (Å²) in [6.45, 7) is 4.49. The Hall–Kier alpha value is -4.53. The molecule has 1 N–H and O–H groups in total. The summed E-state index contributed by atoms with van der Waals surface area (Å²) >= 11 is 0. The Labute approximate surface area is 409 Å². The van der Waals surface area contributed by atoms with E-state index in [1.54, 1.807) is 0 Å². The van der Waals surface area contributed by atoms with Crippen molar-refractivity contribution in [2.24, 2.45) is 0 Å². The van der Waals surface area contributed by atoms with E-state index in [0.29, 0.717) is 19.3 Å². The highest BCUT2D eigenvalue weighted by molar-refractivity contribution is 5.72. The third-order valence-electron chi connectivity index (χ3n) is 10.5. The molecule has 0 amide bonds. The SMILES string of the molecule is CC/C=C/C/C=C/C/C=C/C/C=C/C/C=C/C/C=C/CCCCCC(=O)OC(COCCC(C(=O)O)[N+](C)(C)C)COC(=O)CCCC/C=C/C/C=C/C/C=C/C/C=C/C/C=C/CCCCC. The quantitative estimate of drug-likeness (QED) is 0.0281. The van der Waals surface area contributed by atoms with E-state index in [4.69, 9.17) is 14.2 Å². The standard InChI is InChI=1S/C59H93NO7/c1-6-8-10-12-14-16-18-20-22-24-26-28-30-32-34-36-38-40-42-44-46-48-50-58(62)67-55(53-65-52-51-56(59(63)64)60(3,4)5)54-66-57(61)49-47-45-43-41-39-37-35-33-31-29-27-25-23-21-19-17-15-13-11-9-7-2/h8,10,14-17,20-23,26-29,32-35,38-41,55-56H,6-7,9,11-13,18-19,24-25,30-31,36-37,42-54H2,1-5H3/p+1/b10-8+,16-14+,17-15+,22-20+,23-21+,28-26+,29-27+,34-32+,35-33+,40-38+,41-39+. The minimum Gasteiger partial charge on any atom is -0.477 e. The summed E-state index contributed by atoms with van der Waals surface area (Å²) in [4.78, 5) is 37.2. The van der Waals surface area contributed by atoms with Crippen molar-refractivity contribution in [3.8, 4) is 0 Å². The smallest absolute Gasteiger partial charge is 0.362 e. The molecule has 0 rings (SSSR count). The Morgan fingerprint density at radius 3 is 1.24 bits per heavy atom. The summed E-state index contributed by atoms with van der Waals surface area (Å²) < 4.78 is 17.3. The molecule has 0 aromatic heterocycles. The molecule has 0 heterocycles. The van der Waals surface area contributed by atoms with Gasteiger partial charge in [0, 0.05) is 19.3 Å². The molecule has 8 nitrogen and oxygen atoms in total. The van der Waals surface area contributed by atoms with Crippen molar-refractivity contribution in [3.63, 3.8) is 0 Å². The monoisotopic (exact) mass is 929 g/mol. The number of quaternary nitrogens is 1. The van der Waals surface area contributed by atoms with Crippen LogP contribution in [-0.4, -0.2) is 80.6 Å². The summed E-state index contributed by atoms with van der Waals surface area (Å²) in [5, 5.41) is 9.66. The summed E-state index contributed by atoms with van der Waals surface area (Å²) in [5.74, 6) is -1.58. The van der Waals surface area contributed by atoms with Gasteiger partial charge in [0.1, 0.15) is 6.61 Å². The second-order valence-electron chi connectivity index (χ2n) is 17.7. The summed E-state index contributed by atoms with van der Waals surface area (Å²) in [5.41, 5.74) is 0. The molecule has 2 atom stereocenters. The van der Waals surface area contributed by atoms with Crippen molar-refractivity contribution in [1.29, 1.82) is 0 Å². The maximum Gasteiger partial charge on any atom is 0.362 e. The van der Waals surface area contributed by atoms with E-state index in [-0.39, 0.29) is 49.1 Å². The molecule has 0 aliphatic rings. The highest BCUT2D eigenvalue weighted by Gasteiger charge is 2.31. The highest BCUT2D eigenvalue weighted by Crippen LogP contribution is 2.12. The molecule has 0 aliphatic carbocycles. The predicted octanol–water partition coefficient (Wildman–Crippen LogP) is 15.1. The number of hydrogen-bond acceptors (Lipinski definition) is 6. The highest BCUT2D eigenvalue weighted by atomic mass is 16.6. The van der Waals surface area contributed by atoms with Gasteiger partial charge in [-0.15, -0.1) is 0 Å². The van der Waals surface area contributed by atoms with Crippen LogP contribution >= 0.6 is 0 Å². The lowest BCUT2D eigenvalue weighted by Crippen LogP contribution is -2.50. The number of carboxylic acids is 1. The molecule has 376 valence electrons. The zero-order valence-corrected chi connectivity index (χ0v) is 42.8. The first-order chi connectivity index (χ1) is 32.6. The summed E-state index contributed by atoms with van der Waals surface area (Å²) in [6.07, 6.45) is 69.3. The van der Waals surface area contributed by atoms with Gasteiger partial charge < -0.3 is 23.8 Å². The van der Waals surface area contributed by atoms with Crippen LogP contribution in [0.4, 0.5) is 0 Å². The molecule has 0 bridgehead atoms. The van der Waals surface area contributed by atoms with Crippen LogP contribution in [-0.2, 0) is 28.6 Å². The zero-order chi connectivity index (χ0) is 49.2. The van der Waals surface area contributed by atoms with Crippen molar-refractivity contribution in [1.82, 2.24) is 0 Å². The van der Waals surface area contributed by atoms with Gasteiger partial charge in [0.2, 0.25) is 0 Å². The van der Waals surface area contributed by atoms with Crippen LogP contribution in [0, 0.1) is 0 Å². The molecular weight excluding hydrogens is 835 g/mol. The third kappa shape index (κ3) is 46.4. The van der Waals surface area contributed by atoms with E-state index in [1.807, 2.05) is 21.1 Å². The summed E-state index contributed by atoms with van der Waals surface area (Å²) in [6, 6.07) is -0.638. The van der Waals surface area contributed by atoms with Gasteiger partial charge in [-0.3, -0.25) is 9.59 Å². The number of aliphatic carboxylic acids is 1. The number of esters is 2. The Balaban J connectivity index is 4.45. The normalized spacial score (nSPS) is 14.0. The maximum absolute atomic E-state index is 12.8. The lowest BCUT2D eigenvalue weighted by molar-refractivity contribution is -0.887. The minimum atomic E-state index is -0.893. The van der Waals surface area contributed by atoms with E-state index < -0.39 is 18.1 Å². The second kappa shape index (κ2) is 47.9. The average molecular weight is 929 g/mol. The van der Waals surface area contributed by atoms with Gasteiger partial charge >= 0.3 is 17.9 Å². The molecule has 8 heteroatoms. The fraction of sp³-hybridized carbons (Fsp3) is 0.576. The van der Waals surface area contributed by atoms with E-state index in [0.717, 1.165) is 96.3 Å². The first-order valence-electron chi connectivity index (χ1n) is 25.7. The van der Waals surface area contributed by atoms with Gasteiger partial charge in [-0.25, -0.2) is 4.79 Å². The van der Waals surface area contributed by atoms with E-state index in [9.17, 15) is 19.5 Å². The van der Waals surface area contributed by atoms with Gasteiger partial charge in [0.15, 0.2) is 12.1 Å². The van der Waals surface area contributed by atoms with Crippen LogP contribution < -0.4 is 0 Å². The Kier molecular flexibility index (Phi) is 44.7. The van der Waals surface area contributed by atoms with E-state index in [2.05, 4.69) is 148 Å². The van der Waals surface area contributed by atoms with Gasteiger partial charge in [0.05, 0.1) is 34.4 Å². The van der Waals surface area contributed by atoms with Gasteiger partial charge in [-0.2, -0.15) is 0 Å². The molecule has 0 fully saturated rings. The molecular formula is C59H94NO7+. The second-order valence-corrected chi connectivity index (χ2v) is 17.7. The first kappa shape index (κ1) is 62.5. The predicted molar refractivity (Wildman–Crippen MR) is 284 cm³/mol. The van der Waals surface area contributed by atoms with Crippen LogP contribution in [0.1, 0.15) is 168 Å². The number of carboxylic acid groups (broad SMARTS) is 1. The van der Waals surface area contributed by atoms with Crippen molar-refractivity contribution in [3.05, 3.63) is 134 Å². The largest absolute Gasteiger partial charge is 0.477 e. The van der Waals surface area contributed by atoms with Crippen molar-refractivity contribution < 1.29 is 38.2 Å². The minimum absolute atomic E-state index is 0.0232. The Bertz CT molecular complexity index is 1550. The Morgan fingerprint density at radius 1 is 0.463 bits per heavy atom. The lowest BCUT2D eigenvalue weighted by atomic mass is 10.1. The molecule has 67 heavy (non-hydrogen) atoms. The molecule has 0 aromatic rings. The number of carbonyl (C=O) groups is 3. The molecule has 0 aliphatic heterocycles. The van der Waals surface area contributed by atoms with Crippen LogP contribution in [0.2, 0.25) is 0 Å². The zero-order valence-electron chi connectivity index (χ0n) is 42.8. The third-order valence-corrected chi connectivity index (χ3v) is 10.5. The number of hydrogen-bond donors (Lipinski definition) is 1. The molecule has 0 aromatic carbocycles. The maximum atomic E-state index is 12.8. The number of unbranched alkanes of at least 4 members (excludes halogenated alkanes) is 8. The number of allylic oxidation sites excluding steroid dienone is 22. The van der Waals surface area contributed by atoms with Crippen LogP contribution in [0.3, 0.4) is 0 Å². The number of ether oxygens (including phenoxy) is 3. The fourth-order valence-electron chi connectivity index (χ4n) is 6.58. The lowest BCUT2D eigenvalue weighted by Gasteiger charge is -2.31. The van der Waals surface area contributed by atoms with Crippen LogP contribution in [0.25, 0.3) is 0 Å². The summed E-state index contributed by atoms with van der Waals surface area (Å²) in [7, 11) is 5.49. The molecule has 2 unspecified atom stereocenters. The van der Waals surface area contributed by atoms with Gasteiger partial charge in [0.25, 0.3) is 0 Å². The van der Waals surface area contributed by atoms with E-state index >= 15 is 0 Å². The number of likely N-dealkylation sites (N-methyl/N-ethyl adjacent to an activating group) is 1. The molecule has 0 radical (unpaired) electrons. The molecule has 0 saturated heterocycles. The van der Waals surface area contributed by atoms with Crippen molar-refractivity contribution in [2.45, 2.75) is 180 Å². The molecule has 0 spiro atoms. The number of nitrogens with zero attached hydrogens (tertiary/aromatic N) is 1. The first-order valence-corrected chi connectivity index (χ1v) is 25.7. The van der Waals surface area contributed by atoms with E-state index in [1.165, 1.54) is 25.7 Å². The van der Waals surface area contributed by atoms with Gasteiger partial charge in [-0.1, -0.05) is 167 Å². The number of carbonyl (C=O) groups excluding carboxylic acids is 2. The van der Waals surface area contributed by atoms with Crippen molar-refractivity contribution in [2.75, 3.05) is 41.0 Å². The van der Waals surface area contributed by atoms with Crippen molar-refractivity contribution >= 4 is 17.9 Å². The fourth-order valence-corrected chi connectivity index (χ4v) is 6.58. The Morgan fingerprint density at radius 2 is 0.836 bits per heavy atom. The molecule has 0 saturated carbocycles. The van der Waals surface area contributed by atoms with Crippen LogP contribution in [0.15, 0.2) is 134 Å². The van der Waals surface area contributed by atoms with Gasteiger partial charge in [-0.05, 0) is 116 Å².